The Bertz CT molecular complexity index is 1080. The molecule has 3 fully saturated rings. The predicted molar refractivity (Wildman–Crippen MR) is 133 cm³/mol. The summed E-state index contributed by atoms with van der Waals surface area (Å²) in [6.45, 7) is 3.03. The Hall–Kier alpha value is -2.28. The van der Waals surface area contributed by atoms with Crippen molar-refractivity contribution in [3.05, 3.63) is 41.5 Å². The van der Waals surface area contributed by atoms with Gasteiger partial charge in [0, 0.05) is 12.1 Å². The molecule has 2 atom stereocenters. The first-order valence-electron chi connectivity index (χ1n) is 13.5. The van der Waals surface area contributed by atoms with Crippen LogP contribution >= 0.6 is 0 Å². The van der Waals surface area contributed by atoms with Gasteiger partial charge in [-0.3, -0.25) is 9.69 Å². The minimum atomic E-state index is -4.50. The van der Waals surface area contributed by atoms with Gasteiger partial charge in [-0.2, -0.15) is 13.2 Å². The molecule has 2 aromatic rings. The highest BCUT2D eigenvalue weighted by Gasteiger charge is 2.42. The van der Waals surface area contributed by atoms with E-state index in [-0.39, 0.29) is 23.2 Å². The molecule has 4 nitrogen and oxygen atoms in total. The first kappa shape index (κ1) is 25.4. The molecule has 2 bridgehead atoms. The zero-order valence-electron chi connectivity index (χ0n) is 20.9. The maximum absolute atomic E-state index is 14.3. The molecule has 196 valence electrons. The van der Waals surface area contributed by atoms with E-state index < -0.39 is 17.7 Å². The number of hydrogen-bond donors (Lipinski definition) is 1. The summed E-state index contributed by atoms with van der Waals surface area (Å²) >= 11 is 0. The number of hydrogen-bond acceptors (Lipinski definition) is 3. The Morgan fingerprint density at radius 3 is 2.33 bits per heavy atom. The fourth-order valence-electron chi connectivity index (χ4n) is 6.73. The van der Waals surface area contributed by atoms with E-state index in [1.807, 2.05) is 6.07 Å². The van der Waals surface area contributed by atoms with Gasteiger partial charge in [0.25, 0.3) is 0 Å². The van der Waals surface area contributed by atoms with Crippen molar-refractivity contribution in [2.24, 2.45) is 11.8 Å². The number of nitrogens with zero attached hydrogens (tertiary/aromatic N) is 1. The van der Waals surface area contributed by atoms with Crippen LogP contribution in [0.3, 0.4) is 0 Å². The van der Waals surface area contributed by atoms with E-state index in [4.69, 9.17) is 4.74 Å². The monoisotopic (exact) mass is 503 g/mol. The molecule has 3 aliphatic rings. The highest BCUT2D eigenvalue weighted by molar-refractivity contribution is 5.89. The molecule has 2 unspecified atom stereocenters. The number of fused-ring (bicyclic) bond motifs is 3. The second-order valence-corrected chi connectivity index (χ2v) is 11.2. The molecule has 2 saturated heterocycles. The lowest BCUT2D eigenvalue weighted by Gasteiger charge is -2.37. The van der Waals surface area contributed by atoms with Crippen LogP contribution in [0.15, 0.2) is 30.3 Å². The number of halogens is 3. The van der Waals surface area contributed by atoms with Gasteiger partial charge in [0.1, 0.15) is 11.3 Å². The van der Waals surface area contributed by atoms with Crippen molar-refractivity contribution in [1.29, 1.82) is 0 Å². The number of ether oxygens (including phenoxy) is 1. The molecule has 0 radical (unpaired) electrons. The van der Waals surface area contributed by atoms with E-state index in [0.717, 1.165) is 57.1 Å². The number of aliphatic carboxylic acids is 1. The average molecular weight is 504 g/mol. The smallest absolute Gasteiger partial charge is 0.420 e. The van der Waals surface area contributed by atoms with Crippen LogP contribution in [-0.2, 0) is 17.4 Å². The molecule has 0 amide bonds. The quantitative estimate of drug-likeness (QED) is 0.439. The first-order chi connectivity index (χ1) is 17.2. The zero-order valence-corrected chi connectivity index (χ0v) is 20.9. The van der Waals surface area contributed by atoms with Crippen LogP contribution in [0, 0.1) is 11.8 Å². The number of rotatable bonds is 7. The van der Waals surface area contributed by atoms with E-state index >= 15 is 0 Å². The summed E-state index contributed by atoms with van der Waals surface area (Å²) in [5.41, 5.74) is 0.235. The van der Waals surface area contributed by atoms with Gasteiger partial charge in [-0.1, -0.05) is 31.2 Å². The summed E-state index contributed by atoms with van der Waals surface area (Å²) in [7, 11) is 0. The summed E-state index contributed by atoms with van der Waals surface area (Å²) in [5, 5.41) is 10.2. The summed E-state index contributed by atoms with van der Waals surface area (Å²) in [5.74, 6) is -0.382. The van der Waals surface area contributed by atoms with Crippen molar-refractivity contribution >= 4 is 16.7 Å². The molecule has 2 heterocycles. The molecule has 2 aliphatic heterocycles. The number of benzene rings is 2. The van der Waals surface area contributed by atoms with Crippen LogP contribution in [0.4, 0.5) is 13.2 Å². The molecular formula is C29H36F3NO3. The number of carboxylic acid groups (broad SMARTS) is 1. The van der Waals surface area contributed by atoms with Crippen molar-refractivity contribution in [1.82, 2.24) is 4.90 Å². The number of carbonyl (C=O) groups is 1. The van der Waals surface area contributed by atoms with E-state index in [0.29, 0.717) is 42.7 Å². The standard InChI is InChI=1S/C29H36F3NO3/c1-18-4-11-24(12-5-18)36-26-13-8-20-7-6-19(15-25(20)27(26)29(30,31)32)3-2-14-33-22-9-10-23(33)17-21(16-22)28(34)35/h6-8,13,15,18,21-24H,2-5,9-12,14,16-17H2,1H3,(H,34,35). The third-order valence-electron chi connectivity index (χ3n) is 8.70. The summed E-state index contributed by atoms with van der Waals surface area (Å²) in [6.07, 6.45) is 3.93. The SMILES string of the molecule is CC1CCC(Oc2ccc3ccc(CCCN4C5CCC4CC(C(=O)O)C5)cc3c2C(F)(F)F)CC1. The van der Waals surface area contributed by atoms with Crippen molar-refractivity contribution in [2.45, 2.75) is 95.5 Å². The number of piperidine rings is 1. The summed E-state index contributed by atoms with van der Waals surface area (Å²) < 4.78 is 48.8. The minimum Gasteiger partial charge on any atom is -0.490 e. The van der Waals surface area contributed by atoms with E-state index in [1.54, 1.807) is 18.2 Å². The molecule has 36 heavy (non-hydrogen) atoms. The van der Waals surface area contributed by atoms with Crippen molar-refractivity contribution in [3.63, 3.8) is 0 Å². The molecule has 2 aromatic carbocycles. The highest BCUT2D eigenvalue weighted by Crippen LogP contribution is 2.43. The minimum absolute atomic E-state index is 0.0513. The Morgan fingerprint density at radius 2 is 1.69 bits per heavy atom. The Balaban J connectivity index is 1.30. The Kier molecular flexibility index (Phi) is 7.21. The predicted octanol–water partition coefficient (Wildman–Crippen LogP) is 7.08. The van der Waals surface area contributed by atoms with Gasteiger partial charge in [0.2, 0.25) is 0 Å². The molecule has 1 saturated carbocycles. The lowest BCUT2D eigenvalue weighted by Crippen LogP contribution is -2.45. The van der Waals surface area contributed by atoms with Gasteiger partial charge < -0.3 is 9.84 Å². The normalized spacial score (nSPS) is 28.9. The maximum atomic E-state index is 14.3. The lowest BCUT2D eigenvalue weighted by atomic mass is 9.89. The molecule has 5 rings (SSSR count). The van der Waals surface area contributed by atoms with Gasteiger partial charge in [-0.15, -0.1) is 0 Å². The second kappa shape index (κ2) is 10.2. The van der Waals surface area contributed by atoms with Crippen molar-refractivity contribution in [3.8, 4) is 5.75 Å². The van der Waals surface area contributed by atoms with Crippen LogP contribution in [0.25, 0.3) is 10.8 Å². The van der Waals surface area contributed by atoms with Crippen LogP contribution < -0.4 is 4.74 Å². The number of carboxylic acids is 1. The van der Waals surface area contributed by atoms with Crippen molar-refractivity contribution in [2.75, 3.05) is 6.54 Å². The first-order valence-corrected chi connectivity index (χ1v) is 13.5. The maximum Gasteiger partial charge on any atom is 0.420 e. The Labute approximate surface area is 210 Å². The average Bonchev–Trinajstić information content (AvgIpc) is 3.05. The Morgan fingerprint density at radius 1 is 1.03 bits per heavy atom. The fraction of sp³-hybridized carbons (Fsp3) is 0.621. The third-order valence-corrected chi connectivity index (χ3v) is 8.70. The number of aryl methyl sites for hydroxylation is 1. The summed E-state index contributed by atoms with van der Waals surface area (Å²) in [4.78, 5) is 13.9. The topological polar surface area (TPSA) is 49.8 Å². The van der Waals surface area contributed by atoms with E-state index in [1.165, 1.54) is 6.07 Å². The van der Waals surface area contributed by atoms with Gasteiger partial charge in [-0.05, 0) is 99.1 Å². The van der Waals surface area contributed by atoms with Crippen LogP contribution in [-0.4, -0.2) is 40.7 Å². The van der Waals surface area contributed by atoms with Crippen LogP contribution in [0.1, 0.15) is 75.8 Å². The van der Waals surface area contributed by atoms with Gasteiger partial charge >= 0.3 is 12.1 Å². The molecular weight excluding hydrogens is 467 g/mol. The molecule has 0 aromatic heterocycles. The molecule has 0 spiro atoms. The zero-order chi connectivity index (χ0) is 25.4. The third kappa shape index (κ3) is 5.36. The lowest BCUT2D eigenvalue weighted by molar-refractivity contribution is -0.144. The summed E-state index contributed by atoms with van der Waals surface area (Å²) in [6, 6.07) is 9.27. The van der Waals surface area contributed by atoms with E-state index in [2.05, 4.69) is 11.8 Å². The van der Waals surface area contributed by atoms with Gasteiger partial charge in [0.15, 0.2) is 0 Å². The number of alkyl halides is 3. The highest BCUT2D eigenvalue weighted by atomic mass is 19.4. The van der Waals surface area contributed by atoms with Gasteiger partial charge in [0.05, 0.1) is 12.0 Å². The van der Waals surface area contributed by atoms with Crippen LogP contribution in [0.2, 0.25) is 0 Å². The second-order valence-electron chi connectivity index (χ2n) is 11.2. The van der Waals surface area contributed by atoms with E-state index in [9.17, 15) is 23.1 Å². The molecule has 1 N–H and O–H groups in total. The largest absolute Gasteiger partial charge is 0.490 e. The van der Waals surface area contributed by atoms with Gasteiger partial charge in [-0.25, -0.2) is 0 Å². The molecule has 1 aliphatic carbocycles. The van der Waals surface area contributed by atoms with Crippen LogP contribution in [0.5, 0.6) is 5.75 Å². The fourth-order valence-corrected chi connectivity index (χ4v) is 6.73. The molecule has 7 heteroatoms. The van der Waals surface area contributed by atoms with Crippen molar-refractivity contribution < 1.29 is 27.8 Å².